The Morgan fingerprint density at radius 2 is 1.91 bits per heavy atom. The van der Waals surface area contributed by atoms with Crippen LogP contribution in [0.1, 0.15) is 15.9 Å². The van der Waals surface area contributed by atoms with Crippen molar-refractivity contribution in [1.29, 1.82) is 0 Å². The summed E-state index contributed by atoms with van der Waals surface area (Å²) >= 11 is 3.34. The molecular formula is C17H18BrN3O2. The van der Waals surface area contributed by atoms with Crippen molar-refractivity contribution in [3.63, 3.8) is 0 Å². The second kappa shape index (κ2) is 7.78. The third-order valence-electron chi connectivity index (χ3n) is 3.20. The lowest BCUT2D eigenvalue weighted by Crippen LogP contribution is -2.18. The minimum Gasteiger partial charge on any atom is -0.496 e. The lowest BCUT2D eigenvalue weighted by Gasteiger charge is -2.11. The number of anilines is 1. The molecule has 5 nitrogen and oxygen atoms in total. The Morgan fingerprint density at radius 1 is 1.22 bits per heavy atom. The molecule has 2 aromatic rings. The monoisotopic (exact) mass is 375 g/mol. The highest BCUT2D eigenvalue weighted by molar-refractivity contribution is 9.10. The predicted molar refractivity (Wildman–Crippen MR) is 96.5 cm³/mol. The van der Waals surface area contributed by atoms with E-state index in [1.165, 1.54) is 7.11 Å². The molecule has 0 aliphatic heterocycles. The molecular weight excluding hydrogens is 358 g/mol. The van der Waals surface area contributed by atoms with E-state index < -0.39 is 0 Å². The van der Waals surface area contributed by atoms with Gasteiger partial charge in [-0.3, -0.25) is 4.79 Å². The second-order valence-electron chi connectivity index (χ2n) is 5.03. The number of rotatable bonds is 5. The molecule has 0 saturated heterocycles. The fourth-order valence-electron chi connectivity index (χ4n) is 1.94. The number of hydrogen-bond donors (Lipinski definition) is 1. The number of nitrogens with zero attached hydrogens (tertiary/aromatic N) is 2. The summed E-state index contributed by atoms with van der Waals surface area (Å²) in [5.74, 6) is 0.167. The maximum absolute atomic E-state index is 12.2. The zero-order valence-corrected chi connectivity index (χ0v) is 14.8. The number of carbonyl (C=O) groups is 1. The minimum absolute atomic E-state index is 0.329. The highest BCUT2D eigenvalue weighted by Gasteiger charge is 2.11. The molecule has 0 atom stereocenters. The number of hydrazone groups is 1. The van der Waals surface area contributed by atoms with Crippen LogP contribution >= 0.6 is 15.9 Å². The van der Waals surface area contributed by atoms with E-state index in [0.29, 0.717) is 11.3 Å². The lowest BCUT2D eigenvalue weighted by atomic mass is 10.2. The molecule has 1 N–H and O–H groups in total. The highest BCUT2D eigenvalue weighted by Crippen LogP contribution is 2.22. The zero-order chi connectivity index (χ0) is 16.8. The number of ether oxygens (including phenoxy) is 1. The number of carbonyl (C=O) groups excluding carboxylic acids is 1. The van der Waals surface area contributed by atoms with E-state index in [1.807, 2.05) is 49.3 Å². The molecule has 23 heavy (non-hydrogen) atoms. The summed E-state index contributed by atoms with van der Waals surface area (Å²) in [4.78, 5) is 14.2. The van der Waals surface area contributed by atoms with Crippen molar-refractivity contribution in [2.24, 2.45) is 5.10 Å². The van der Waals surface area contributed by atoms with Crippen molar-refractivity contribution >= 4 is 33.7 Å². The van der Waals surface area contributed by atoms with Crippen LogP contribution in [0, 0.1) is 0 Å². The van der Waals surface area contributed by atoms with Crippen LogP contribution in [0.5, 0.6) is 5.75 Å². The Labute approximate surface area is 144 Å². The number of amides is 1. The Balaban J connectivity index is 2.05. The van der Waals surface area contributed by atoms with Gasteiger partial charge in [0.2, 0.25) is 0 Å². The highest BCUT2D eigenvalue weighted by atomic mass is 79.9. The van der Waals surface area contributed by atoms with Gasteiger partial charge in [-0.25, -0.2) is 5.43 Å². The molecule has 6 heteroatoms. The molecule has 0 spiro atoms. The first kappa shape index (κ1) is 17.0. The summed E-state index contributed by atoms with van der Waals surface area (Å²) in [7, 11) is 5.49. The van der Waals surface area contributed by atoms with Crippen LogP contribution in [0.15, 0.2) is 52.0 Å². The molecule has 0 aromatic heterocycles. The third kappa shape index (κ3) is 4.56. The van der Waals surface area contributed by atoms with Gasteiger partial charge in [0.25, 0.3) is 5.91 Å². The predicted octanol–water partition coefficient (Wildman–Crippen LogP) is 3.29. The largest absolute Gasteiger partial charge is 0.496 e. The van der Waals surface area contributed by atoms with Gasteiger partial charge in [-0.15, -0.1) is 0 Å². The molecule has 2 rings (SSSR count). The van der Waals surface area contributed by atoms with E-state index in [2.05, 4.69) is 26.5 Å². The van der Waals surface area contributed by atoms with Crippen molar-refractivity contribution in [2.75, 3.05) is 26.1 Å². The van der Waals surface area contributed by atoms with Gasteiger partial charge >= 0.3 is 0 Å². The average Bonchev–Trinajstić information content (AvgIpc) is 2.55. The van der Waals surface area contributed by atoms with E-state index in [0.717, 1.165) is 15.7 Å². The van der Waals surface area contributed by atoms with Crippen LogP contribution in [0.2, 0.25) is 0 Å². The van der Waals surface area contributed by atoms with Crippen LogP contribution in [-0.2, 0) is 0 Å². The minimum atomic E-state index is -0.329. The maximum atomic E-state index is 12.2. The molecule has 0 bridgehead atoms. The zero-order valence-electron chi connectivity index (χ0n) is 13.2. The normalized spacial score (nSPS) is 10.6. The van der Waals surface area contributed by atoms with Crippen molar-refractivity contribution in [1.82, 2.24) is 5.43 Å². The van der Waals surface area contributed by atoms with Gasteiger partial charge in [-0.05, 0) is 35.9 Å². The van der Waals surface area contributed by atoms with Crippen LogP contribution in [0.4, 0.5) is 5.69 Å². The van der Waals surface area contributed by atoms with E-state index in [9.17, 15) is 4.79 Å². The molecule has 0 fully saturated rings. The van der Waals surface area contributed by atoms with Gasteiger partial charge < -0.3 is 9.64 Å². The summed E-state index contributed by atoms with van der Waals surface area (Å²) in [5, 5.41) is 3.99. The summed E-state index contributed by atoms with van der Waals surface area (Å²) < 4.78 is 5.98. The SMILES string of the molecule is COc1ccc(Br)cc1C(=O)NN=Cc1ccc(N(C)C)cc1. The first-order chi connectivity index (χ1) is 11.0. The van der Waals surface area contributed by atoms with Gasteiger partial charge in [0.15, 0.2) is 0 Å². The fraction of sp³-hybridized carbons (Fsp3) is 0.176. The number of hydrogen-bond acceptors (Lipinski definition) is 4. The average molecular weight is 376 g/mol. The second-order valence-corrected chi connectivity index (χ2v) is 5.95. The van der Waals surface area contributed by atoms with Gasteiger partial charge in [0, 0.05) is 24.3 Å². The topological polar surface area (TPSA) is 53.9 Å². The van der Waals surface area contributed by atoms with E-state index in [-0.39, 0.29) is 5.91 Å². The number of halogens is 1. The van der Waals surface area contributed by atoms with E-state index in [1.54, 1.807) is 18.3 Å². The third-order valence-corrected chi connectivity index (χ3v) is 3.69. The van der Waals surface area contributed by atoms with Crippen LogP contribution < -0.4 is 15.1 Å². The molecule has 0 aliphatic rings. The molecule has 0 saturated carbocycles. The van der Waals surface area contributed by atoms with Gasteiger partial charge in [-0.1, -0.05) is 28.1 Å². The van der Waals surface area contributed by atoms with Gasteiger partial charge in [0.1, 0.15) is 5.75 Å². The van der Waals surface area contributed by atoms with Crippen LogP contribution in [0.25, 0.3) is 0 Å². The Hall–Kier alpha value is -2.34. The number of methoxy groups -OCH3 is 1. The molecule has 120 valence electrons. The summed E-state index contributed by atoms with van der Waals surface area (Å²) in [6, 6.07) is 13.1. The first-order valence-electron chi connectivity index (χ1n) is 6.95. The van der Waals surface area contributed by atoms with Gasteiger partial charge in [-0.2, -0.15) is 5.10 Å². The first-order valence-corrected chi connectivity index (χ1v) is 7.75. The summed E-state index contributed by atoms with van der Waals surface area (Å²) in [6.45, 7) is 0. The van der Waals surface area contributed by atoms with Crippen molar-refractivity contribution < 1.29 is 9.53 Å². The van der Waals surface area contributed by atoms with E-state index >= 15 is 0 Å². The standard InChI is InChI=1S/C17H18BrN3O2/c1-21(2)14-7-4-12(5-8-14)11-19-20-17(22)15-10-13(18)6-9-16(15)23-3/h4-11H,1-3H3,(H,20,22). The van der Waals surface area contributed by atoms with Crippen molar-refractivity contribution in [3.05, 3.63) is 58.1 Å². The molecule has 0 aliphatic carbocycles. The molecule has 0 unspecified atom stereocenters. The van der Waals surface area contributed by atoms with E-state index in [4.69, 9.17) is 4.74 Å². The van der Waals surface area contributed by atoms with Crippen molar-refractivity contribution in [2.45, 2.75) is 0 Å². The van der Waals surface area contributed by atoms with Gasteiger partial charge in [0.05, 0.1) is 18.9 Å². The quantitative estimate of drug-likeness (QED) is 0.644. The van der Waals surface area contributed by atoms with Crippen LogP contribution in [0.3, 0.4) is 0 Å². The molecule has 1 amide bonds. The Kier molecular flexibility index (Phi) is 5.76. The molecule has 0 heterocycles. The molecule has 0 radical (unpaired) electrons. The van der Waals surface area contributed by atoms with Crippen molar-refractivity contribution in [3.8, 4) is 5.75 Å². The lowest BCUT2D eigenvalue weighted by molar-refractivity contribution is 0.0952. The Morgan fingerprint density at radius 3 is 2.52 bits per heavy atom. The molecule has 2 aromatic carbocycles. The Bertz CT molecular complexity index is 712. The number of benzene rings is 2. The maximum Gasteiger partial charge on any atom is 0.275 e. The smallest absolute Gasteiger partial charge is 0.275 e. The summed E-state index contributed by atoms with van der Waals surface area (Å²) in [5.41, 5.74) is 4.93. The summed E-state index contributed by atoms with van der Waals surface area (Å²) in [6.07, 6.45) is 1.60. The fourth-order valence-corrected chi connectivity index (χ4v) is 2.30. The number of nitrogens with one attached hydrogen (secondary N) is 1. The van der Waals surface area contributed by atoms with Crippen LogP contribution in [-0.4, -0.2) is 33.3 Å².